The zero-order valence-electron chi connectivity index (χ0n) is 12.7. The third kappa shape index (κ3) is 3.29. The Morgan fingerprint density at radius 3 is 1.91 bits per heavy atom. The first-order valence-electron chi connectivity index (χ1n) is 7.21. The van der Waals surface area contributed by atoms with E-state index in [1.807, 2.05) is 31.2 Å². The van der Waals surface area contributed by atoms with Gasteiger partial charge in [-0.25, -0.2) is 8.42 Å². The standard InChI is InChI=1S/C19H15NO2S/c1-16-10-12-19(13-11-16)23(21,22)20-14-4-8-17-6-2-3-7-18(17)9-5-15-20/h2-3,6-7,10-13H,14-15H2,1H3. The molecule has 0 saturated carbocycles. The maximum atomic E-state index is 12.7. The Kier molecular flexibility index (Phi) is 4.21. The van der Waals surface area contributed by atoms with Gasteiger partial charge in [-0.3, -0.25) is 0 Å². The summed E-state index contributed by atoms with van der Waals surface area (Å²) in [4.78, 5) is 0.267. The van der Waals surface area contributed by atoms with Crippen molar-refractivity contribution in [2.24, 2.45) is 0 Å². The molecule has 0 bridgehead atoms. The lowest BCUT2D eigenvalue weighted by Gasteiger charge is -2.17. The molecule has 23 heavy (non-hydrogen) atoms. The topological polar surface area (TPSA) is 37.4 Å². The summed E-state index contributed by atoms with van der Waals surface area (Å²) in [5, 5.41) is 0. The van der Waals surface area contributed by atoms with Gasteiger partial charge in [0.05, 0.1) is 18.0 Å². The van der Waals surface area contributed by atoms with Crippen molar-refractivity contribution in [3.63, 3.8) is 0 Å². The van der Waals surface area contributed by atoms with E-state index in [9.17, 15) is 8.42 Å². The van der Waals surface area contributed by atoms with Crippen molar-refractivity contribution in [1.29, 1.82) is 0 Å². The summed E-state index contributed by atoms with van der Waals surface area (Å²) >= 11 is 0. The molecule has 2 aromatic carbocycles. The Hall–Kier alpha value is -2.53. The largest absolute Gasteiger partial charge is 0.244 e. The molecule has 0 aromatic heterocycles. The van der Waals surface area contributed by atoms with Crippen LogP contribution in [0.25, 0.3) is 0 Å². The molecule has 2 aromatic rings. The molecule has 0 amide bonds. The van der Waals surface area contributed by atoms with Gasteiger partial charge >= 0.3 is 0 Å². The van der Waals surface area contributed by atoms with Crippen LogP contribution >= 0.6 is 0 Å². The highest BCUT2D eigenvalue weighted by atomic mass is 32.2. The summed E-state index contributed by atoms with van der Waals surface area (Å²) in [6, 6.07) is 14.4. The summed E-state index contributed by atoms with van der Waals surface area (Å²) in [6.07, 6.45) is 0. The van der Waals surface area contributed by atoms with E-state index in [1.54, 1.807) is 24.3 Å². The van der Waals surface area contributed by atoms with Crippen molar-refractivity contribution in [2.75, 3.05) is 13.1 Å². The van der Waals surface area contributed by atoms with Crippen molar-refractivity contribution in [3.8, 4) is 23.7 Å². The minimum Gasteiger partial charge on any atom is -0.207 e. The smallest absolute Gasteiger partial charge is 0.207 e. The molecule has 0 radical (unpaired) electrons. The number of benzene rings is 2. The van der Waals surface area contributed by atoms with E-state index in [4.69, 9.17) is 0 Å². The van der Waals surface area contributed by atoms with Crippen LogP contribution in [0.15, 0.2) is 53.4 Å². The molecule has 1 aliphatic rings. The third-order valence-electron chi connectivity index (χ3n) is 3.54. The maximum absolute atomic E-state index is 12.7. The van der Waals surface area contributed by atoms with E-state index in [0.29, 0.717) is 0 Å². The number of aryl methyl sites for hydroxylation is 1. The van der Waals surface area contributed by atoms with Gasteiger partial charge in [0.2, 0.25) is 10.0 Å². The first-order valence-corrected chi connectivity index (χ1v) is 8.65. The molecule has 4 heteroatoms. The number of sulfonamides is 1. The Bertz CT molecular complexity index is 909. The van der Waals surface area contributed by atoms with Gasteiger partial charge in [0, 0.05) is 11.1 Å². The van der Waals surface area contributed by atoms with Crippen LogP contribution in [0.4, 0.5) is 0 Å². The molecule has 0 fully saturated rings. The summed E-state index contributed by atoms with van der Waals surface area (Å²) in [5.41, 5.74) is 2.67. The van der Waals surface area contributed by atoms with Crippen molar-refractivity contribution in [1.82, 2.24) is 4.31 Å². The Labute approximate surface area is 137 Å². The number of hydrogen-bond acceptors (Lipinski definition) is 2. The van der Waals surface area contributed by atoms with E-state index in [2.05, 4.69) is 23.7 Å². The lowest BCUT2D eigenvalue weighted by atomic mass is 10.1. The minimum absolute atomic E-state index is 0.124. The van der Waals surface area contributed by atoms with Gasteiger partial charge in [-0.05, 0) is 31.2 Å². The predicted octanol–water partition coefficient (Wildman–Crippen LogP) is 2.40. The van der Waals surface area contributed by atoms with Crippen LogP contribution in [0, 0.1) is 30.6 Å². The fraction of sp³-hybridized carbons (Fsp3) is 0.158. The van der Waals surface area contributed by atoms with Crippen molar-refractivity contribution in [3.05, 3.63) is 65.2 Å². The maximum Gasteiger partial charge on any atom is 0.244 e. The molecule has 0 unspecified atom stereocenters. The van der Waals surface area contributed by atoms with Crippen LogP contribution in [-0.4, -0.2) is 25.8 Å². The average Bonchev–Trinajstić information content (AvgIpc) is 2.65. The molecule has 0 saturated heterocycles. The molecule has 0 atom stereocenters. The predicted molar refractivity (Wildman–Crippen MR) is 90.1 cm³/mol. The third-order valence-corrected chi connectivity index (χ3v) is 5.35. The van der Waals surface area contributed by atoms with Crippen LogP contribution in [0.3, 0.4) is 0 Å². The van der Waals surface area contributed by atoms with Crippen LogP contribution in [-0.2, 0) is 10.0 Å². The second kappa shape index (κ2) is 6.30. The lowest BCUT2D eigenvalue weighted by Crippen LogP contribution is -2.32. The van der Waals surface area contributed by atoms with Gasteiger partial charge in [-0.1, -0.05) is 53.5 Å². The molecular formula is C19H15NO2S. The first kappa shape index (κ1) is 15.4. The van der Waals surface area contributed by atoms with Crippen molar-refractivity contribution >= 4 is 10.0 Å². The second-order valence-electron chi connectivity index (χ2n) is 5.24. The van der Waals surface area contributed by atoms with Crippen molar-refractivity contribution in [2.45, 2.75) is 11.8 Å². The zero-order valence-corrected chi connectivity index (χ0v) is 13.5. The molecular weight excluding hydrogens is 306 g/mol. The van der Waals surface area contributed by atoms with Gasteiger partial charge in [0.1, 0.15) is 0 Å². The van der Waals surface area contributed by atoms with Crippen LogP contribution in [0.1, 0.15) is 16.7 Å². The highest BCUT2D eigenvalue weighted by molar-refractivity contribution is 7.89. The van der Waals surface area contributed by atoms with Gasteiger partial charge in [-0.2, -0.15) is 4.31 Å². The molecule has 0 aliphatic carbocycles. The number of rotatable bonds is 2. The fourth-order valence-electron chi connectivity index (χ4n) is 2.23. The van der Waals surface area contributed by atoms with E-state index in [0.717, 1.165) is 16.7 Å². The van der Waals surface area contributed by atoms with E-state index in [-0.39, 0.29) is 18.0 Å². The molecule has 0 N–H and O–H groups in total. The minimum atomic E-state index is -3.59. The van der Waals surface area contributed by atoms with Crippen LogP contribution < -0.4 is 0 Å². The summed E-state index contributed by atoms with van der Waals surface area (Å²) in [6.45, 7) is 2.17. The van der Waals surface area contributed by atoms with Crippen molar-refractivity contribution < 1.29 is 8.42 Å². The Morgan fingerprint density at radius 2 is 1.39 bits per heavy atom. The molecule has 3 rings (SSSR count). The monoisotopic (exact) mass is 321 g/mol. The highest BCUT2D eigenvalue weighted by Gasteiger charge is 2.23. The molecule has 114 valence electrons. The summed E-state index contributed by atoms with van der Waals surface area (Å²) in [5.74, 6) is 11.9. The fourth-order valence-corrected chi connectivity index (χ4v) is 3.48. The quantitative estimate of drug-likeness (QED) is 0.797. The average molecular weight is 321 g/mol. The Balaban J connectivity index is 1.96. The molecule has 0 spiro atoms. The van der Waals surface area contributed by atoms with E-state index in [1.165, 1.54) is 4.31 Å². The molecule has 3 nitrogen and oxygen atoms in total. The van der Waals surface area contributed by atoms with Crippen LogP contribution in [0.2, 0.25) is 0 Å². The summed E-state index contributed by atoms with van der Waals surface area (Å²) in [7, 11) is -3.59. The SMILES string of the molecule is Cc1ccc(S(=O)(=O)N2CC#Cc3ccccc3C#CC2)cc1. The number of fused-ring (bicyclic) bond motifs is 1. The van der Waals surface area contributed by atoms with Gasteiger partial charge < -0.3 is 0 Å². The normalized spacial score (nSPS) is 14.1. The first-order chi connectivity index (χ1) is 11.1. The zero-order chi connectivity index (χ0) is 16.3. The van der Waals surface area contributed by atoms with Gasteiger partial charge in [-0.15, -0.1) is 0 Å². The molecule has 1 heterocycles. The van der Waals surface area contributed by atoms with E-state index < -0.39 is 10.0 Å². The second-order valence-corrected chi connectivity index (χ2v) is 7.17. The lowest BCUT2D eigenvalue weighted by molar-refractivity contribution is 0.482. The Morgan fingerprint density at radius 1 is 0.870 bits per heavy atom. The molecule has 1 aliphatic heterocycles. The highest BCUT2D eigenvalue weighted by Crippen LogP contribution is 2.16. The van der Waals surface area contributed by atoms with Gasteiger partial charge in [0.25, 0.3) is 0 Å². The number of nitrogens with zero attached hydrogens (tertiary/aromatic N) is 1. The number of hydrogen-bond donors (Lipinski definition) is 0. The summed E-state index contributed by atoms with van der Waals surface area (Å²) < 4.78 is 26.8. The van der Waals surface area contributed by atoms with Crippen LogP contribution in [0.5, 0.6) is 0 Å². The van der Waals surface area contributed by atoms with Gasteiger partial charge in [0.15, 0.2) is 0 Å². The van der Waals surface area contributed by atoms with E-state index >= 15 is 0 Å².